The van der Waals surface area contributed by atoms with Gasteiger partial charge in [0.2, 0.25) is 5.91 Å². The predicted octanol–water partition coefficient (Wildman–Crippen LogP) is 3.22. The first-order chi connectivity index (χ1) is 9.44. The number of amides is 1. The van der Waals surface area contributed by atoms with Crippen molar-refractivity contribution in [2.75, 3.05) is 25.0 Å². The maximum absolute atomic E-state index is 12.1. The Morgan fingerprint density at radius 1 is 1.20 bits per heavy atom. The lowest BCUT2D eigenvalue weighted by molar-refractivity contribution is -0.117. The summed E-state index contributed by atoms with van der Waals surface area (Å²) < 4.78 is 0. The molecule has 2 rings (SSSR count). The van der Waals surface area contributed by atoms with Crippen molar-refractivity contribution in [3.63, 3.8) is 0 Å². The van der Waals surface area contributed by atoms with Crippen LogP contribution in [-0.2, 0) is 4.79 Å². The normalized spacial score (nSPS) is 23.6. The van der Waals surface area contributed by atoms with Crippen LogP contribution in [0.25, 0.3) is 0 Å². The van der Waals surface area contributed by atoms with Crippen molar-refractivity contribution in [3.05, 3.63) is 29.3 Å². The van der Waals surface area contributed by atoms with Crippen LogP contribution in [0.2, 0.25) is 0 Å². The molecule has 0 radical (unpaired) electrons. The van der Waals surface area contributed by atoms with Crippen LogP contribution in [0, 0.1) is 25.7 Å². The summed E-state index contributed by atoms with van der Waals surface area (Å²) in [4.78, 5) is 14.4. The Hall–Kier alpha value is -1.35. The van der Waals surface area contributed by atoms with E-state index in [0.717, 1.165) is 18.8 Å². The Balaban J connectivity index is 1.90. The fourth-order valence-electron chi connectivity index (χ4n) is 3.14. The van der Waals surface area contributed by atoms with Crippen LogP contribution in [0.5, 0.6) is 0 Å². The molecule has 0 aliphatic carbocycles. The lowest BCUT2D eigenvalue weighted by atomic mass is 9.92. The minimum absolute atomic E-state index is 0.0922. The summed E-state index contributed by atoms with van der Waals surface area (Å²) in [7, 11) is 0. The fraction of sp³-hybridized carbons (Fsp3) is 0.588. The summed E-state index contributed by atoms with van der Waals surface area (Å²) in [5, 5.41) is 3.01. The zero-order chi connectivity index (χ0) is 14.7. The molecule has 0 saturated carbocycles. The number of rotatable bonds is 3. The maximum atomic E-state index is 12.1. The zero-order valence-corrected chi connectivity index (χ0v) is 13.1. The number of nitrogens with zero attached hydrogens (tertiary/aromatic N) is 1. The summed E-state index contributed by atoms with van der Waals surface area (Å²) in [6.07, 6.45) is 1.27. The maximum Gasteiger partial charge on any atom is 0.238 e. The lowest BCUT2D eigenvalue weighted by Crippen LogP contribution is -2.42. The third-order valence-corrected chi connectivity index (χ3v) is 4.10. The number of nitrogens with one attached hydrogen (secondary N) is 1. The molecule has 1 aromatic carbocycles. The van der Waals surface area contributed by atoms with Gasteiger partial charge in [-0.2, -0.15) is 0 Å². The zero-order valence-electron chi connectivity index (χ0n) is 13.1. The number of aryl methyl sites for hydroxylation is 2. The number of benzene rings is 1. The first-order valence-electron chi connectivity index (χ1n) is 7.53. The molecule has 1 aliphatic rings. The molecule has 1 aliphatic heterocycles. The minimum Gasteiger partial charge on any atom is -0.325 e. The number of hydrogen-bond acceptors (Lipinski definition) is 2. The SMILES string of the molecule is Cc1ccc(NC(=O)CN2C[C@H](C)C[C@H](C)C2)cc1C. The second-order valence-corrected chi connectivity index (χ2v) is 6.49. The smallest absolute Gasteiger partial charge is 0.238 e. The Morgan fingerprint density at radius 3 is 2.45 bits per heavy atom. The highest BCUT2D eigenvalue weighted by atomic mass is 16.2. The van der Waals surface area contributed by atoms with Crippen LogP contribution in [0.1, 0.15) is 31.4 Å². The molecule has 0 bridgehead atoms. The van der Waals surface area contributed by atoms with E-state index >= 15 is 0 Å². The molecule has 110 valence electrons. The van der Waals surface area contributed by atoms with E-state index in [0.29, 0.717) is 18.4 Å². The van der Waals surface area contributed by atoms with E-state index in [9.17, 15) is 4.79 Å². The second kappa shape index (κ2) is 6.40. The van der Waals surface area contributed by atoms with Crippen LogP contribution in [0.4, 0.5) is 5.69 Å². The van der Waals surface area contributed by atoms with Gasteiger partial charge < -0.3 is 5.32 Å². The van der Waals surface area contributed by atoms with Gasteiger partial charge in [-0.05, 0) is 55.4 Å². The van der Waals surface area contributed by atoms with Crippen LogP contribution in [0.3, 0.4) is 0 Å². The molecule has 20 heavy (non-hydrogen) atoms. The topological polar surface area (TPSA) is 32.3 Å². The first-order valence-corrected chi connectivity index (χ1v) is 7.53. The highest BCUT2D eigenvalue weighted by Gasteiger charge is 2.23. The van der Waals surface area contributed by atoms with Gasteiger partial charge >= 0.3 is 0 Å². The third kappa shape index (κ3) is 4.07. The molecular weight excluding hydrogens is 248 g/mol. The van der Waals surface area contributed by atoms with Crippen molar-refractivity contribution >= 4 is 11.6 Å². The largest absolute Gasteiger partial charge is 0.325 e. The van der Waals surface area contributed by atoms with Crippen molar-refractivity contribution in [2.45, 2.75) is 34.1 Å². The summed E-state index contributed by atoms with van der Waals surface area (Å²) in [6, 6.07) is 6.06. The molecule has 1 amide bonds. The number of anilines is 1. The van der Waals surface area contributed by atoms with Crippen LogP contribution in [-0.4, -0.2) is 30.4 Å². The van der Waals surface area contributed by atoms with Crippen molar-refractivity contribution in [2.24, 2.45) is 11.8 Å². The molecule has 1 aromatic rings. The summed E-state index contributed by atoms with van der Waals surface area (Å²) in [5.74, 6) is 1.47. The van der Waals surface area contributed by atoms with E-state index in [4.69, 9.17) is 0 Å². The Kier molecular flexibility index (Phi) is 4.81. The fourth-order valence-corrected chi connectivity index (χ4v) is 3.14. The van der Waals surface area contributed by atoms with Crippen molar-refractivity contribution in [1.82, 2.24) is 4.90 Å². The number of hydrogen-bond donors (Lipinski definition) is 1. The quantitative estimate of drug-likeness (QED) is 0.918. The average molecular weight is 274 g/mol. The van der Waals surface area contributed by atoms with Gasteiger partial charge in [-0.25, -0.2) is 0 Å². The van der Waals surface area contributed by atoms with Gasteiger partial charge in [0.15, 0.2) is 0 Å². The molecule has 0 spiro atoms. The Bertz CT molecular complexity index is 474. The van der Waals surface area contributed by atoms with Gasteiger partial charge in [0.05, 0.1) is 6.54 Å². The predicted molar refractivity (Wildman–Crippen MR) is 83.9 cm³/mol. The highest BCUT2D eigenvalue weighted by Crippen LogP contribution is 2.21. The number of carbonyl (C=O) groups is 1. The van der Waals surface area contributed by atoms with E-state index < -0.39 is 0 Å². The molecule has 1 N–H and O–H groups in total. The van der Waals surface area contributed by atoms with Gasteiger partial charge in [-0.15, -0.1) is 0 Å². The molecule has 3 nitrogen and oxygen atoms in total. The van der Waals surface area contributed by atoms with Crippen LogP contribution >= 0.6 is 0 Å². The molecule has 2 atom stereocenters. The lowest BCUT2D eigenvalue weighted by Gasteiger charge is -2.34. The summed E-state index contributed by atoms with van der Waals surface area (Å²) >= 11 is 0. The monoisotopic (exact) mass is 274 g/mol. The molecule has 0 aromatic heterocycles. The molecule has 1 saturated heterocycles. The average Bonchev–Trinajstić information content (AvgIpc) is 2.32. The van der Waals surface area contributed by atoms with E-state index in [1.165, 1.54) is 17.5 Å². The van der Waals surface area contributed by atoms with Gasteiger partial charge in [0.1, 0.15) is 0 Å². The number of carbonyl (C=O) groups excluding carboxylic acids is 1. The molecule has 1 heterocycles. The van der Waals surface area contributed by atoms with Crippen molar-refractivity contribution in [1.29, 1.82) is 0 Å². The summed E-state index contributed by atoms with van der Waals surface area (Å²) in [6.45, 7) is 11.3. The standard InChI is InChI=1S/C17H26N2O/c1-12-7-13(2)10-19(9-12)11-17(20)18-16-6-5-14(3)15(4)8-16/h5-6,8,12-13H,7,9-11H2,1-4H3,(H,18,20)/t12-,13+. The third-order valence-electron chi connectivity index (χ3n) is 4.10. The number of piperidine rings is 1. The van der Waals surface area contributed by atoms with E-state index in [1.54, 1.807) is 0 Å². The number of likely N-dealkylation sites (tertiary alicyclic amines) is 1. The van der Waals surface area contributed by atoms with Crippen molar-refractivity contribution < 1.29 is 4.79 Å². The van der Waals surface area contributed by atoms with Crippen LogP contribution < -0.4 is 5.32 Å². The van der Waals surface area contributed by atoms with Gasteiger partial charge in [-0.1, -0.05) is 19.9 Å². The molecule has 3 heteroatoms. The Labute approximate surface area is 122 Å². The van der Waals surface area contributed by atoms with E-state index in [2.05, 4.69) is 44.0 Å². The van der Waals surface area contributed by atoms with Crippen molar-refractivity contribution in [3.8, 4) is 0 Å². The van der Waals surface area contributed by atoms with Crippen LogP contribution in [0.15, 0.2) is 18.2 Å². The molecule has 1 fully saturated rings. The second-order valence-electron chi connectivity index (χ2n) is 6.49. The first kappa shape index (κ1) is 15.0. The Morgan fingerprint density at radius 2 is 1.85 bits per heavy atom. The van der Waals surface area contributed by atoms with E-state index in [-0.39, 0.29) is 5.91 Å². The molecule has 0 unspecified atom stereocenters. The van der Waals surface area contributed by atoms with E-state index in [1.807, 2.05) is 12.1 Å². The minimum atomic E-state index is 0.0922. The van der Waals surface area contributed by atoms with Gasteiger partial charge in [0, 0.05) is 18.8 Å². The van der Waals surface area contributed by atoms with Gasteiger partial charge in [0.25, 0.3) is 0 Å². The van der Waals surface area contributed by atoms with Gasteiger partial charge in [-0.3, -0.25) is 9.69 Å². The summed E-state index contributed by atoms with van der Waals surface area (Å²) in [5.41, 5.74) is 3.36. The molecular formula is C17H26N2O. The highest BCUT2D eigenvalue weighted by molar-refractivity contribution is 5.92.